The fourth-order valence-corrected chi connectivity index (χ4v) is 3.19. The van der Waals surface area contributed by atoms with Crippen molar-refractivity contribution >= 4 is 11.3 Å². The van der Waals surface area contributed by atoms with Crippen LogP contribution in [0.3, 0.4) is 0 Å². The predicted octanol–water partition coefficient (Wildman–Crippen LogP) is 2.09. The molecule has 0 aliphatic heterocycles. The molecule has 2 atom stereocenters. The smallest absolute Gasteiger partial charge is 0.107 e. The molecule has 16 heavy (non-hydrogen) atoms. The molecule has 1 fully saturated rings. The van der Waals surface area contributed by atoms with Gasteiger partial charge in [0.15, 0.2) is 0 Å². The van der Waals surface area contributed by atoms with Gasteiger partial charge in [0, 0.05) is 35.7 Å². The average Bonchev–Trinajstić information content (AvgIpc) is 2.83. The van der Waals surface area contributed by atoms with Crippen LogP contribution < -0.4 is 5.32 Å². The van der Waals surface area contributed by atoms with Crippen molar-refractivity contribution in [3.63, 3.8) is 0 Å². The first-order valence-electron chi connectivity index (χ1n) is 5.89. The summed E-state index contributed by atoms with van der Waals surface area (Å²) in [4.78, 5) is 4.44. The van der Waals surface area contributed by atoms with Gasteiger partial charge < -0.3 is 10.4 Å². The molecular formula is C12H20N2OS. The molecule has 0 radical (unpaired) electrons. The van der Waals surface area contributed by atoms with E-state index in [2.05, 4.69) is 22.6 Å². The van der Waals surface area contributed by atoms with Crippen molar-refractivity contribution in [1.82, 2.24) is 10.3 Å². The molecule has 90 valence electrons. The lowest BCUT2D eigenvalue weighted by molar-refractivity contribution is 0.118. The summed E-state index contributed by atoms with van der Waals surface area (Å²) in [6, 6.07) is 0.432. The minimum Gasteiger partial charge on any atom is -0.396 e. The van der Waals surface area contributed by atoms with E-state index in [0.717, 1.165) is 23.7 Å². The Morgan fingerprint density at radius 1 is 1.69 bits per heavy atom. The Morgan fingerprint density at radius 2 is 2.50 bits per heavy atom. The van der Waals surface area contributed by atoms with E-state index in [0.29, 0.717) is 6.04 Å². The Labute approximate surface area is 101 Å². The second-order valence-electron chi connectivity index (χ2n) is 5.02. The summed E-state index contributed by atoms with van der Waals surface area (Å²) in [5, 5.41) is 16.2. The molecule has 1 aromatic heterocycles. The average molecular weight is 240 g/mol. The SMILES string of the molecule is Cc1csc(CNC2CCCC2(C)CO)n1. The molecule has 1 saturated carbocycles. The zero-order valence-corrected chi connectivity index (χ0v) is 10.8. The highest BCUT2D eigenvalue weighted by Gasteiger charge is 2.37. The van der Waals surface area contributed by atoms with Crippen LogP contribution in [0.2, 0.25) is 0 Å². The topological polar surface area (TPSA) is 45.1 Å². The maximum absolute atomic E-state index is 9.44. The fraction of sp³-hybridized carbons (Fsp3) is 0.750. The molecule has 1 aliphatic rings. The second-order valence-corrected chi connectivity index (χ2v) is 5.96. The number of aryl methyl sites for hydroxylation is 1. The van der Waals surface area contributed by atoms with Crippen LogP contribution >= 0.6 is 11.3 Å². The van der Waals surface area contributed by atoms with Crippen molar-refractivity contribution in [2.24, 2.45) is 5.41 Å². The van der Waals surface area contributed by atoms with Gasteiger partial charge >= 0.3 is 0 Å². The number of hydrogen-bond donors (Lipinski definition) is 2. The van der Waals surface area contributed by atoms with Crippen molar-refractivity contribution in [2.45, 2.75) is 45.7 Å². The first-order valence-corrected chi connectivity index (χ1v) is 6.77. The van der Waals surface area contributed by atoms with Gasteiger partial charge in [-0.1, -0.05) is 13.3 Å². The minimum atomic E-state index is 0.0618. The fourth-order valence-electron chi connectivity index (χ4n) is 2.46. The van der Waals surface area contributed by atoms with Crippen molar-refractivity contribution < 1.29 is 5.11 Å². The molecule has 0 saturated heterocycles. The Balaban J connectivity index is 1.90. The number of aromatic nitrogens is 1. The van der Waals surface area contributed by atoms with Gasteiger partial charge in [0.25, 0.3) is 0 Å². The molecule has 0 spiro atoms. The lowest BCUT2D eigenvalue weighted by Gasteiger charge is -2.30. The van der Waals surface area contributed by atoms with Gasteiger partial charge in [0.2, 0.25) is 0 Å². The number of rotatable bonds is 4. The first kappa shape index (κ1) is 12.0. The maximum Gasteiger partial charge on any atom is 0.107 e. The van der Waals surface area contributed by atoms with Crippen LogP contribution in [-0.4, -0.2) is 22.7 Å². The van der Waals surface area contributed by atoms with Crippen molar-refractivity contribution in [3.05, 3.63) is 16.1 Å². The zero-order chi connectivity index (χ0) is 11.6. The van der Waals surface area contributed by atoms with E-state index in [1.165, 1.54) is 12.8 Å². The first-order chi connectivity index (χ1) is 7.64. The summed E-state index contributed by atoms with van der Waals surface area (Å²) in [5.41, 5.74) is 1.16. The molecular weight excluding hydrogens is 220 g/mol. The summed E-state index contributed by atoms with van der Waals surface area (Å²) < 4.78 is 0. The molecule has 2 N–H and O–H groups in total. The van der Waals surface area contributed by atoms with Gasteiger partial charge in [-0.25, -0.2) is 4.98 Å². The van der Waals surface area contributed by atoms with E-state index in [1.807, 2.05) is 6.92 Å². The third kappa shape index (κ3) is 2.44. The number of thiazole rings is 1. The molecule has 0 amide bonds. The monoisotopic (exact) mass is 240 g/mol. The van der Waals surface area contributed by atoms with E-state index in [9.17, 15) is 5.11 Å². The molecule has 0 bridgehead atoms. The number of nitrogens with one attached hydrogen (secondary N) is 1. The molecule has 3 nitrogen and oxygen atoms in total. The summed E-state index contributed by atoms with van der Waals surface area (Å²) in [6.07, 6.45) is 3.51. The summed E-state index contributed by atoms with van der Waals surface area (Å²) in [5.74, 6) is 0. The highest BCUT2D eigenvalue weighted by atomic mass is 32.1. The van der Waals surface area contributed by atoms with E-state index in [1.54, 1.807) is 11.3 Å². The standard InChI is InChI=1S/C12H20N2OS/c1-9-7-16-11(14-9)6-13-10-4-3-5-12(10,2)8-15/h7,10,13,15H,3-6,8H2,1-2H3. The van der Waals surface area contributed by atoms with E-state index in [-0.39, 0.29) is 12.0 Å². The molecule has 0 aromatic carbocycles. The van der Waals surface area contributed by atoms with E-state index >= 15 is 0 Å². The van der Waals surface area contributed by atoms with Crippen LogP contribution in [0.1, 0.15) is 36.9 Å². The third-order valence-electron chi connectivity index (χ3n) is 3.61. The van der Waals surface area contributed by atoms with Crippen LogP contribution in [0.5, 0.6) is 0 Å². The Kier molecular flexibility index (Phi) is 3.62. The van der Waals surface area contributed by atoms with Crippen molar-refractivity contribution in [1.29, 1.82) is 0 Å². The highest BCUT2D eigenvalue weighted by molar-refractivity contribution is 7.09. The third-order valence-corrected chi connectivity index (χ3v) is 4.58. The van der Waals surface area contributed by atoms with Gasteiger partial charge in [-0.15, -0.1) is 11.3 Å². The Bertz CT molecular complexity index is 353. The van der Waals surface area contributed by atoms with Crippen LogP contribution in [0, 0.1) is 12.3 Å². The molecule has 2 unspecified atom stereocenters. The quantitative estimate of drug-likeness (QED) is 0.847. The lowest BCUT2D eigenvalue weighted by Crippen LogP contribution is -2.41. The molecule has 1 aliphatic carbocycles. The largest absolute Gasteiger partial charge is 0.396 e. The van der Waals surface area contributed by atoms with Gasteiger partial charge in [-0.2, -0.15) is 0 Å². The number of aliphatic hydroxyl groups excluding tert-OH is 1. The number of aliphatic hydroxyl groups is 1. The summed E-state index contributed by atoms with van der Waals surface area (Å²) in [6.45, 7) is 5.30. The van der Waals surface area contributed by atoms with Gasteiger partial charge in [-0.05, 0) is 19.8 Å². The summed E-state index contributed by atoms with van der Waals surface area (Å²) >= 11 is 1.70. The second kappa shape index (κ2) is 4.82. The van der Waals surface area contributed by atoms with Crippen LogP contribution in [-0.2, 0) is 6.54 Å². The Morgan fingerprint density at radius 3 is 3.12 bits per heavy atom. The maximum atomic E-state index is 9.44. The summed E-state index contributed by atoms with van der Waals surface area (Å²) in [7, 11) is 0. The van der Waals surface area contributed by atoms with Crippen LogP contribution in [0.4, 0.5) is 0 Å². The highest BCUT2D eigenvalue weighted by Crippen LogP contribution is 2.37. The van der Waals surface area contributed by atoms with E-state index < -0.39 is 0 Å². The normalized spacial score (nSPS) is 29.8. The van der Waals surface area contributed by atoms with Crippen molar-refractivity contribution in [3.8, 4) is 0 Å². The van der Waals surface area contributed by atoms with E-state index in [4.69, 9.17) is 0 Å². The Hall–Kier alpha value is -0.450. The van der Waals surface area contributed by atoms with Crippen LogP contribution in [0.15, 0.2) is 5.38 Å². The number of nitrogens with zero attached hydrogens (tertiary/aromatic N) is 1. The van der Waals surface area contributed by atoms with Crippen molar-refractivity contribution in [2.75, 3.05) is 6.61 Å². The molecule has 1 aromatic rings. The zero-order valence-electron chi connectivity index (χ0n) is 9.99. The predicted molar refractivity (Wildman–Crippen MR) is 66.5 cm³/mol. The minimum absolute atomic E-state index is 0.0618. The van der Waals surface area contributed by atoms with Gasteiger partial charge in [-0.3, -0.25) is 0 Å². The van der Waals surface area contributed by atoms with Gasteiger partial charge in [0.1, 0.15) is 5.01 Å². The number of hydrogen-bond acceptors (Lipinski definition) is 4. The molecule has 4 heteroatoms. The molecule has 2 rings (SSSR count). The van der Waals surface area contributed by atoms with Gasteiger partial charge in [0.05, 0.1) is 0 Å². The molecule has 1 heterocycles. The van der Waals surface area contributed by atoms with Crippen LogP contribution in [0.25, 0.3) is 0 Å². The lowest BCUT2D eigenvalue weighted by atomic mass is 9.86.